The molecule has 0 spiro atoms. The summed E-state index contributed by atoms with van der Waals surface area (Å²) in [6, 6.07) is 5.20. The van der Waals surface area contributed by atoms with Gasteiger partial charge in [-0.3, -0.25) is 4.79 Å². The number of halogens is 3. The molecule has 0 saturated carbocycles. The number of hydrogen-bond donors (Lipinski definition) is 1. The Morgan fingerprint density at radius 1 is 1.57 bits per heavy atom. The highest BCUT2D eigenvalue weighted by atomic mass is 79.9. The highest BCUT2D eigenvalue weighted by molar-refractivity contribution is 9.10. The van der Waals surface area contributed by atoms with Crippen molar-refractivity contribution in [3.05, 3.63) is 27.7 Å². The fourth-order valence-corrected chi connectivity index (χ4v) is 1.72. The van der Waals surface area contributed by atoms with Gasteiger partial charge >= 0.3 is 0 Å². The first kappa shape index (κ1) is 12.0. The Kier molecular flexibility index (Phi) is 4.41. The van der Waals surface area contributed by atoms with E-state index >= 15 is 0 Å². The van der Waals surface area contributed by atoms with Crippen LogP contribution in [0.1, 0.15) is 6.92 Å². The summed E-state index contributed by atoms with van der Waals surface area (Å²) in [6.07, 6.45) is 0. The van der Waals surface area contributed by atoms with Crippen molar-refractivity contribution < 1.29 is 4.79 Å². The number of benzene rings is 1. The lowest BCUT2D eigenvalue weighted by molar-refractivity contribution is -0.115. The molecule has 0 aliphatic rings. The number of anilines is 1. The SMILES string of the molecule is CC(Br)C(=O)Nc1ccc(Cl)cc1Br. The summed E-state index contributed by atoms with van der Waals surface area (Å²) in [4.78, 5) is 11.1. The van der Waals surface area contributed by atoms with Gasteiger partial charge in [0.25, 0.3) is 0 Å². The van der Waals surface area contributed by atoms with Crippen molar-refractivity contribution >= 4 is 55.1 Å². The average molecular weight is 341 g/mol. The minimum atomic E-state index is -0.218. The van der Waals surface area contributed by atoms with E-state index in [1.165, 1.54) is 0 Å². The predicted molar refractivity (Wildman–Crippen MR) is 66.2 cm³/mol. The molecular weight excluding hydrogens is 333 g/mol. The summed E-state index contributed by atoms with van der Waals surface area (Å²) in [5.74, 6) is -0.0898. The molecule has 1 atom stereocenters. The van der Waals surface area contributed by atoms with Gasteiger partial charge in [0.2, 0.25) is 5.91 Å². The lowest BCUT2D eigenvalue weighted by atomic mass is 10.3. The van der Waals surface area contributed by atoms with Gasteiger partial charge in [0.1, 0.15) is 0 Å². The number of amides is 1. The van der Waals surface area contributed by atoms with Gasteiger partial charge in [-0.25, -0.2) is 0 Å². The summed E-state index contributed by atoms with van der Waals surface area (Å²) in [5.41, 5.74) is 0.714. The molecule has 0 radical (unpaired) electrons. The molecule has 2 nitrogen and oxygen atoms in total. The summed E-state index contributed by atoms with van der Waals surface area (Å²) >= 11 is 12.3. The third kappa shape index (κ3) is 3.26. The van der Waals surface area contributed by atoms with Crippen LogP contribution in [0.15, 0.2) is 22.7 Å². The van der Waals surface area contributed by atoms with Gasteiger partial charge in [0.15, 0.2) is 0 Å². The van der Waals surface area contributed by atoms with Gasteiger partial charge in [-0.05, 0) is 41.1 Å². The zero-order valence-electron chi connectivity index (χ0n) is 7.35. The predicted octanol–water partition coefficient (Wildman–Crippen LogP) is 3.82. The summed E-state index contributed by atoms with van der Waals surface area (Å²) in [7, 11) is 0. The Bertz CT molecular complexity index is 355. The van der Waals surface area contributed by atoms with Gasteiger partial charge in [-0.15, -0.1) is 0 Å². The van der Waals surface area contributed by atoms with Gasteiger partial charge in [-0.2, -0.15) is 0 Å². The lowest BCUT2D eigenvalue weighted by Gasteiger charge is -2.08. The Labute approximate surface area is 104 Å². The van der Waals surface area contributed by atoms with Crippen LogP contribution in [0.25, 0.3) is 0 Å². The molecule has 1 amide bonds. The van der Waals surface area contributed by atoms with Crippen molar-refractivity contribution in [2.75, 3.05) is 5.32 Å². The fraction of sp³-hybridized carbons (Fsp3) is 0.222. The second-order valence-electron chi connectivity index (χ2n) is 2.73. The molecule has 0 aliphatic carbocycles. The molecule has 0 aliphatic heterocycles. The number of nitrogens with one attached hydrogen (secondary N) is 1. The second-order valence-corrected chi connectivity index (χ2v) is 5.39. The van der Waals surface area contributed by atoms with Crippen molar-refractivity contribution in [3.63, 3.8) is 0 Å². The smallest absolute Gasteiger partial charge is 0.237 e. The number of alkyl halides is 1. The van der Waals surface area contributed by atoms with E-state index in [4.69, 9.17) is 11.6 Å². The van der Waals surface area contributed by atoms with Crippen molar-refractivity contribution in [3.8, 4) is 0 Å². The molecule has 1 aromatic carbocycles. The van der Waals surface area contributed by atoms with E-state index in [2.05, 4.69) is 37.2 Å². The van der Waals surface area contributed by atoms with Crippen molar-refractivity contribution in [1.29, 1.82) is 0 Å². The van der Waals surface area contributed by atoms with E-state index in [-0.39, 0.29) is 10.7 Å². The Morgan fingerprint density at radius 3 is 2.71 bits per heavy atom. The van der Waals surface area contributed by atoms with Crippen LogP contribution in [0.2, 0.25) is 5.02 Å². The standard InChI is InChI=1S/C9H8Br2ClNO/c1-5(10)9(14)13-8-3-2-6(12)4-7(8)11/h2-5H,1H3,(H,13,14). The van der Waals surface area contributed by atoms with Crippen LogP contribution in [0.4, 0.5) is 5.69 Å². The molecule has 14 heavy (non-hydrogen) atoms. The number of hydrogen-bond acceptors (Lipinski definition) is 1. The molecule has 1 N–H and O–H groups in total. The van der Waals surface area contributed by atoms with Gasteiger partial charge in [-0.1, -0.05) is 27.5 Å². The van der Waals surface area contributed by atoms with E-state index in [0.717, 1.165) is 4.47 Å². The highest BCUT2D eigenvalue weighted by Crippen LogP contribution is 2.26. The first-order valence-corrected chi connectivity index (χ1v) is 5.99. The van der Waals surface area contributed by atoms with E-state index in [1.54, 1.807) is 25.1 Å². The topological polar surface area (TPSA) is 29.1 Å². The maximum absolute atomic E-state index is 11.3. The van der Waals surface area contributed by atoms with Gasteiger partial charge in [0.05, 0.1) is 10.5 Å². The van der Waals surface area contributed by atoms with E-state index in [1.807, 2.05) is 0 Å². The molecule has 0 heterocycles. The summed E-state index contributed by atoms with van der Waals surface area (Å²) < 4.78 is 0.770. The van der Waals surface area contributed by atoms with Crippen LogP contribution in [-0.2, 0) is 4.79 Å². The molecule has 76 valence electrons. The minimum Gasteiger partial charge on any atom is -0.324 e. The van der Waals surface area contributed by atoms with Crippen LogP contribution in [-0.4, -0.2) is 10.7 Å². The van der Waals surface area contributed by atoms with Crippen LogP contribution in [0, 0.1) is 0 Å². The van der Waals surface area contributed by atoms with Gasteiger partial charge in [0, 0.05) is 9.50 Å². The van der Waals surface area contributed by atoms with Crippen molar-refractivity contribution in [1.82, 2.24) is 0 Å². The molecule has 1 unspecified atom stereocenters. The van der Waals surface area contributed by atoms with Crippen LogP contribution in [0.5, 0.6) is 0 Å². The molecule has 1 rings (SSSR count). The van der Waals surface area contributed by atoms with E-state index in [0.29, 0.717) is 10.7 Å². The van der Waals surface area contributed by atoms with Crippen molar-refractivity contribution in [2.24, 2.45) is 0 Å². The zero-order chi connectivity index (χ0) is 10.7. The number of rotatable bonds is 2. The molecule has 1 aromatic rings. The minimum absolute atomic E-state index is 0.0898. The number of carbonyl (C=O) groups excluding carboxylic acids is 1. The van der Waals surface area contributed by atoms with Crippen LogP contribution >= 0.6 is 43.5 Å². The third-order valence-corrected chi connectivity index (χ3v) is 2.86. The maximum Gasteiger partial charge on any atom is 0.237 e. The molecule has 0 bridgehead atoms. The van der Waals surface area contributed by atoms with E-state index in [9.17, 15) is 4.79 Å². The van der Waals surface area contributed by atoms with Crippen LogP contribution in [0.3, 0.4) is 0 Å². The van der Waals surface area contributed by atoms with Crippen molar-refractivity contribution in [2.45, 2.75) is 11.8 Å². The van der Waals surface area contributed by atoms with Gasteiger partial charge < -0.3 is 5.32 Å². The molecule has 0 saturated heterocycles. The number of carbonyl (C=O) groups is 1. The normalized spacial score (nSPS) is 12.3. The monoisotopic (exact) mass is 339 g/mol. The lowest BCUT2D eigenvalue weighted by Crippen LogP contribution is -2.20. The quantitative estimate of drug-likeness (QED) is 0.814. The highest BCUT2D eigenvalue weighted by Gasteiger charge is 2.10. The maximum atomic E-state index is 11.3. The summed E-state index contributed by atoms with van der Waals surface area (Å²) in [6.45, 7) is 1.76. The molecular formula is C9H8Br2ClNO. The Hall–Kier alpha value is -0.0600. The first-order valence-electron chi connectivity index (χ1n) is 3.90. The Morgan fingerprint density at radius 2 is 2.21 bits per heavy atom. The average Bonchev–Trinajstić information content (AvgIpc) is 2.09. The second kappa shape index (κ2) is 5.14. The van der Waals surface area contributed by atoms with E-state index < -0.39 is 0 Å². The first-order chi connectivity index (χ1) is 6.50. The summed E-state index contributed by atoms with van der Waals surface area (Å²) in [5, 5.41) is 3.37. The molecule has 0 aromatic heterocycles. The fourth-order valence-electron chi connectivity index (χ4n) is 0.823. The Balaban J connectivity index is 2.82. The zero-order valence-corrected chi connectivity index (χ0v) is 11.3. The van der Waals surface area contributed by atoms with Crippen LogP contribution < -0.4 is 5.32 Å². The molecule has 0 fully saturated rings. The molecule has 5 heteroatoms. The third-order valence-electron chi connectivity index (χ3n) is 1.55. The largest absolute Gasteiger partial charge is 0.324 e.